The highest BCUT2D eigenvalue weighted by Gasteiger charge is 2.19. The first-order valence-electron chi connectivity index (χ1n) is 3.12. The van der Waals surface area contributed by atoms with Crippen molar-refractivity contribution in [2.75, 3.05) is 5.33 Å². The van der Waals surface area contributed by atoms with Gasteiger partial charge in [0.2, 0.25) is 0 Å². The maximum atomic E-state index is 9.39. The van der Waals surface area contributed by atoms with Crippen molar-refractivity contribution in [2.45, 2.75) is 26.4 Å². The van der Waals surface area contributed by atoms with Gasteiger partial charge in [0, 0.05) is 5.33 Å². The van der Waals surface area contributed by atoms with Crippen molar-refractivity contribution in [1.29, 1.82) is 0 Å². The summed E-state index contributed by atoms with van der Waals surface area (Å²) in [5.41, 5.74) is -0.645. The summed E-state index contributed by atoms with van der Waals surface area (Å²) in [6.07, 6.45) is 1.92. The van der Waals surface area contributed by atoms with E-state index in [1.54, 1.807) is 6.92 Å². The Balaban J connectivity index is 3.58. The number of hydrogen-bond acceptors (Lipinski definition) is 1. The van der Waals surface area contributed by atoms with Crippen LogP contribution in [0.5, 0.6) is 0 Å². The molecule has 1 unspecified atom stereocenters. The van der Waals surface area contributed by atoms with Gasteiger partial charge in [0.15, 0.2) is 0 Å². The van der Waals surface area contributed by atoms with E-state index in [-0.39, 0.29) is 0 Å². The fraction of sp³-hybridized carbons (Fsp3) is 0.857. The predicted octanol–water partition coefficient (Wildman–Crippen LogP) is 1.99. The van der Waals surface area contributed by atoms with Crippen LogP contribution in [0.4, 0.5) is 0 Å². The minimum Gasteiger partial charge on any atom is -0.389 e. The Morgan fingerprint density at radius 3 is 2.22 bits per heavy atom. The summed E-state index contributed by atoms with van der Waals surface area (Å²) < 4.78 is 0. The molecule has 0 fully saturated rings. The van der Waals surface area contributed by atoms with E-state index in [4.69, 9.17) is 0 Å². The molecule has 9 heavy (non-hydrogen) atoms. The first-order valence-corrected chi connectivity index (χ1v) is 4.24. The Hall–Kier alpha value is 0.440. The van der Waals surface area contributed by atoms with Crippen molar-refractivity contribution < 1.29 is 5.11 Å². The van der Waals surface area contributed by atoms with Gasteiger partial charge in [0.25, 0.3) is 0 Å². The van der Waals surface area contributed by atoms with E-state index in [1.807, 2.05) is 6.42 Å². The van der Waals surface area contributed by atoms with E-state index < -0.39 is 5.60 Å². The Bertz CT molecular complexity index is 79.0. The van der Waals surface area contributed by atoms with E-state index in [1.165, 1.54) is 0 Å². The molecule has 1 atom stereocenters. The lowest BCUT2D eigenvalue weighted by Gasteiger charge is -2.21. The molecule has 0 aliphatic carbocycles. The average molecular weight is 194 g/mol. The molecule has 0 heterocycles. The van der Waals surface area contributed by atoms with Crippen molar-refractivity contribution >= 4 is 15.9 Å². The first-order chi connectivity index (χ1) is 3.98. The van der Waals surface area contributed by atoms with Gasteiger partial charge >= 0.3 is 0 Å². The van der Waals surface area contributed by atoms with Crippen molar-refractivity contribution in [3.63, 3.8) is 0 Å². The van der Waals surface area contributed by atoms with Gasteiger partial charge in [-0.25, -0.2) is 0 Å². The molecule has 0 aromatic rings. The SMILES string of the molecule is CC(C)[CH]C(C)(O)CBr. The topological polar surface area (TPSA) is 20.2 Å². The van der Waals surface area contributed by atoms with Crippen LogP contribution in [0.15, 0.2) is 0 Å². The van der Waals surface area contributed by atoms with Gasteiger partial charge in [0.05, 0.1) is 5.60 Å². The molecule has 1 nitrogen and oxygen atoms in total. The summed E-state index contributed by atoms with van der Waals surface area (Å²) in [6.45, 7) is 5.90. The van der Waals surface area contributed by atoms with Gasteiger partial charge in [-0.1, -0.05) is 29.8 Å². The van der Waals surface area contributed by atoms with Crippen molar-refractivity contribution in [1.82, 2.24) is 0 Å². The number of rotatable bonds is 3. The quantitative estimate of drug-likeness (QED) is 0.681. The van der Waals surface area contributed by atoms with Gasteiger partial charge < -0.3 is 5.11 Å². The summed E-state index contributed by atoms with van der Waals surface area (Å²) in [7, 11) is 0. The minimum atomic E-state index is -0.645. The van der Waals surface area contributed by atoms with Crippen LogP contribution < -0.4 is 0 Å². The summed E-state index contributed by atoms with van der Waals surface area (Å²) in [5.74, 6) is 0.442. The van der Waals surface area contributed by atoms with E-state index in [0.29, 0.717) is 11.2 Å². The summed E-state index contributed by atoms with van der Waals surface area (Å²) in [5, 5.41) is 10.0. The third-order valence-electron chi connectivity index (χ3n) is 0.963. The third kappa shape index (κ3) is 4.91. The molecule has 1 N–H and O–H groups in total. The highest BCUT2D eigenvalue weighted by atomic mass is 79.9. The standard InChI is InChI=1S/C7H14BrO/c1-6(2)4-7(3,9)5-8/h4,6,9H,5H2,1-3H3. The lowest BCUT2D eigenvalue weighted by atomic mass is 9.97. The molecule has 1 radical (unpaired) electrons. The van der Waals surface area contributed by atoms with Gasteiger partial charge in [0.1, 0.15) is 0 Å². The molecule has 0 amide bonds. The molecule has 0 aliphatic rings. The molecule has 0 aromatic carbocycles. The zero-order valence-corrected chi connectivity index (χ0v) is 7.77. The molecule has 0 saturated carbocycles. The zero-order chi connectivity index (χ0) is 7.49. The molecule has 0 spiro atoms. The fourth-order valence-electron chi connectivity index (χ4n) is 0.763. The van der Waals surface area contributed by atoms with Gasteiger partial charge in [-0.15, -0.1) is 0 Å². The van der Waals surface area contributed by atoms with Crippen molar-refractivity contribution in [2.24, 2.45) is 5.92 Å². The Morgan fingerprint density at radius 1 is 1.67 bits per heavy atom. The number of aliphatic hydroxyl groups is 1. The molecule has 0 saturated heterocycles. The lowest BCUT2D eigenvalue weighted by molar-refractivity contribution is 0.111. The molecule has 2 heteroatoms. The second-order valence-electron chi connectivity index (χ2n) is 2.90. The van der Waals surface area contributed by atoms with Crippen molar-refractivity contribution in [3.8, 4) is 0 Å². The van der Waals surface area contributed by atoms with Crippen LogP contribution in [-0.2, 0) is 0 Å². The largest absolute Gasteiger partial charge is 0.389 e. The van der Waals surface area contributed by atoms with Crippen LogP contribution in [0.2, 0.25) is 0 Å². The van der Waals surface area contributed by atoms with Crippen LogP contribution in [-0.4, -0.2) is 16.0 Å². The molecule has 0 bridgehead atoms. The van der Waals surface area contributed by atoms with Crippen LogP contribution in [0.25, 0.3) is 0 Å². The predicted molar refractivity (Wildman–Crippen MR) is 43.6 cm³/mol. The van der Waals surface area contributed by atoms with Crippen LogP contribution in [0.1, 0.15) is 20.8 Å². The zero-order valence-electron chi connectivity index (χ0n) is 6.19. The van der Waals surface area contributed by atoms with E-state index in [2.05, 4.69) is 29.8 Å². The second-order valence-corrected chi connectivity index (χ2v) is 3.46. The summed E-state index contributed by atoms with van der Waals surface area (Å²) in [6, 6.07) is 0. The second kappa shape index (κ2) is 3.57. The van der Waals surface area contributed by atoms with E-state index in [0.717, 1.165) is 0 Å². The first kappa shape index (κ1) is 9.44. The Morgan fingerprint density at radius 2 is 2.11 bits per heavy atom. The highest BCUT2D eigenvalue weighted by Crippen LogP contribution is 2.16. The molecule has 0 aromatic heterocycles. The van der Waals surface area contributed by atoms with Crippen molar-refractivity contribution in [3.05, 3.63) is 6.42 Å². The molecule has 55 valence electrons. The molecular formula is C7H14BrO. The van der Waals surface area contributed by atoms with E-state index in [9.17, 15) is 5.11 Å². The van der Waals surface area contributed by atoms with Crippen LogP contribution in [0.3, 0.4) is 0 Å². The smallest absolute Gasteiger partial charge is 0.0750 e. The molecular weight excluding hydrogens is 180 g/mol. The molecule has 0 aliphatic heterocycles. The average Bonchev–Trinajstić information content (AvgIpc) is 1.63. The summed E-state index contributed by atoms with van der Waals surface area (Å²) in [4.78, 5) is 0. The maximum absolute atomic E-state index is 9.39. The monoisotopic (exact) mass is 193 g/mol. The lowest BCUT2D eigenvalue weighted by Crippen LogP contribution is -2.28. The minimum absolute atomic E-state index is 0.442. The Labute approximate surface area is 65.6 Å². The Kier molecular flexibility index (Phi) is 3.74. The fourth-order valence-corrected chi connectivity index (χ4v) is 0.950. The van der Waals surface area contributed by atoms with Crippen LogP contribution in [0, 0.1) is 12.3 Å². The number of alkyl halides is 1. The van der Waals surface area contributed by atoms with Crippen LogP contribution >= 0.6 is 15.9 Å². The number of halogens is 1. The normalized spacial score (nSPS) is 18.0. The number of hydrogen-bond donors (Lipinski definition) is 1. The van der Waals surface area contributed by atoms with Gasteiger partial charge in [-0.3, -0.25) is 0 Å². The van der Waals surface area contributed by atoms with Gasteiger partial charge in [-0.2, -0.15) is 0 Å². The summed E-state index contributed by atoms with van der Waals surface area (Å²) >= 11 is 3.22. The molecule has 0 rings (SSSR count). The highest BCUT2D eigenvalue weighted by molar-refractivity contribution is 9.09. The maximum Gasteiger partial charge on any atom is 0.0750 e. The third-order valence-corrected chi connectivity index (χ3v) is 2.10. The van der Waals surface area contributed by atoms with Gasteiger partial charge in [-0.05, 0) is 19.3 Å². The van der Waals surface area contributed by atoms with E-state index >= 15 is 0 Å².